The van der Waals surface area contributed by atoms with Crippen LogP contribution in [0.15, 0.2) is 22.5 Å². The number of likely N-dealkylation sites (tertiary alicyclic amines) is 1. The average molecular weight is 480 g/mol. The van der Waals surface area contributed by atoms with Crippen LogP contribution in [0, 0.1) is 6.92 Å². The van der Waals surface area contributed by atoms with Gasteiger partial charge in [0.2, 0.25) is 15.9 Å². The number of carbonyl (C=O) groups excluding carboxylic acids is 1. The zero-order chi connectivity index (χ0) is 22.7. The van der Waals surface area contributed by atoms with Gasteiger partial charge in [-0.05, 0) is 45.2 Å². The summed E-state index contributed by atoms with van der Waals surface area (Å²) in [4.78, 5) is 21.9. The number of piperazine rings is 1. The quantitative estimate of drug-likeness (QED) is 0.610. The van der Waals surface area contributed by atoms with Crippen molar-refractivity contribution in [1.29, 1.82) is 0 Å². The molecule has 0 aromatic carbocycles. The first kappa shape index (κ1) is 23.4. The van der Waals surface area contributed by atoms with E-state index in [9.17, 15) is 13.2 Å². The molecular weight excluding hydrogens is 446 g/mol. The van der Waals surface area contributed by atoms with Gasteiger partial charge in [-0.2, -0.15) is 4.31 Å². The van der Waals surface area contributed by atoms with E-state index in [1.807, 2.05) is 17.2 Å². The Morgan fingerprint density at radius 1 is 1.09 bits per heavy atom. The number of rotatable bonds is 7. The van der Waals surface area contributed by atoms with Crippen LogP contribution in [0.4, 0.5) is 0 Å². The lowest BCUT2D eigenvalue weighted by molar-refractivity contribution is -0.132. The van der Waals surface area contributed by atoms with Crippen molar-refractivity contribution in [2.24, 2.45) is 0 Å². The van der Waals surface area contributed by atoms with Gasteiger partial charge in [-0.25, -0.2) is 13.4 Å². The second-order valence-corrected chi connectivity index (χ2v) is 11.5. The first-order chi connectivity index (χ1) is 15.4. The maximum absolute atomic E-state index is 13.4. The summed E-state index contributed by atoms with van der Waals surface area (Å²) in [7, 11) is -3.63. The van der Waals surface area contributed by atoms with E-state index in [0.717, 1.165) is 69.1 Å². The van der Waals surface area contributed by atoms with Crippen LogP contribution in [0.5, 0.6) is 0 Å². The van der Waals surface area contributed by atoms with E-state index in [1.165, 1.54) is 11.3 Å². The molecule has 0 radical (unpaired) electrons. The van der Waals surface area contributed by atoms with Gasteiger partial charge in [0.15, 0.2) is 0 Å². The zero-order valence-corrected chi connectivity index (χ0v) is 20.6. The largest absolute Gasteiger partial charge is 0.341 e. The molecule has 0 unspecified atom stereocenters. The maximum Gasteiger partial charge on any atom is 0.244 e. The lowest BCUT2D eigenvalue weighted by Crippen LogP contribution is -2.48. The molecule has 2 fully saturated rings. The number of amides is 1. The van der Waals surface area contributed by atoms with Crippen LogP contribution in [0.1, 0.15) is 38.3 Å². The summed E-state index contributed by atoms with van der Waals surface area (Å²) >= 11 is 1.47. The second kappa shape index (κ2) is 10.0. The summed E-state index contributed by atoms with van der Waals surface area (Å²) < 4.78 is 30.2. The fourth-order valence-corrected chi connectivity index (χ4v) is 6.75. The highest BCUT2D eigenvalue weighted by molar-refractivity contribution is 7.89. The van der Waals surface area contributed by atoms with Gasteiger partial charge in [0.05, 0.1) is 5.69 Å². The topological polar surface area (TPSA) is 78.8 Å². The third-order valence-electron chi connectivity index (χ3n) is 6.23. The molecule has 2 aromatic heterocycles. The standard InChI is InChI=1S/C22H33N5O3S2/c1-3-7-24-10-12-27(13-11-24)32(29,30)19-14-20(22-23-18(2)17-31-22)26(15-19)16-21(28)25-8-5-4-6-9-25/h14-15,17H,3-13,16H2,1-2H3. The molecule has 0 atom stereocenters. The van der Waals surface area contributed by atoms with Gasteiger partial charge >= 0.3 is 0 Å². The van der Waals surface area contributed by atoms with E-state index in [4.69, 9.17) is 0 Å². The molecule has 0 spiro atoms. The summed E-state index contributed by atoms with van der Waals surface area (Å²) in [5, 5.41) is 2.68. The predicted octanol–water partition coefficient (Wildman–Crippen LogP) is 2.65. The SMILES string of the molecule is CCCN1CCN(S(=O)(=O)c2cc(-c3nc(C)cs3)n(CC(=O)N3CCCCC3)c2)CC1. The van der Waals surface area contributed by atoms with E-state index >= 15 is 0 Å². The van der Waals surface area contributed by atoms with E-state index in [2.05, 4.69) is 16.8 Å². The van der Waals surface area contributed by atoms with Crippen molar-refractivity contribution in [3.8, 4) is 10.7 Å². The number of hydrogen-bond donors (Lipinski definition) is 0. The Morgan fingerprint density at radius 3 is 2.44 bits per heavy atom. The molecule has 0 N–H and O–H groups in total. The van der Waals surface area contributed by atoms with Gasteiger partial charge in [0.25, 0.3) is 0 Å². The Hall–Kier alpha value is -1.75. The van der Waals surface area contributed by atoms with Crippen LogP contribution in [0.3, 0.4) is 0 Å². The van der Waals surface area contributed by atoms with Crippen LogP contribution in [0.2, 0.25) is 0 Å². The number of piperidine rings is 1. The summed E-state index contributed by atoms with van der Waals surface area (Å²) in [5.74, 6) is 0.0342. The van der Waals surface area contributed by atoms with Crippen molar-refractivity contribution in [2.45, 2.75) is 51.0 Å². The molecule has 32 heavy (non-hydrogen) atoms. The minimum absolute atomic E-state index is 0.0342. The molecule has 0 saturated carbocycles. The summed E-state index contributed by atoms with van der Waals surface area (Å²) in [6.07, 6.45) is 5.91. The monoisotopic (exact) mass is 479 g/mol. The molecule has 4 heterocycles. The highest BCUT2D eigenvalue weighted by atomic mass is 32.2. The van der Waals surface area contributed by atoms with Gasteiger partial charge in [-0.3, -0.25) is 4.79 Å². The summed E-state index contributed by atoms with van der Waals surface area (Å²) in [6, 6.07) is 1.69. The zero-order valence-electron chi connectivity index (χ0n) is 19.0. The van der Waals surface area contributed by atoms with Crippen LogP contribution >= 0.6 is 11.3 Å². The van der Waals surface area contributed by atoms with Crippen LogP contribution in [0.25, 0.3) is 10.7 Å². The van der Waals surface area contributed by atoms with Crippen molar-refractivity contribution in [1.82, 2.24) is 23.7 Å². The Morgan fingerprint density at radius 2 is 1.81 bits per heavy atom. The van der Waals surface area contributed by atoms with Crippen LogP contribution < -0.4 is 0 Å². The van der Waals surface area contributed by atoms with Gasteiger partial charge in [-0.1, -0.05) is 6.92 Å². The lowest BCUT2D eigenvalue weighted by Gasteiger charge is -2.33. The van der Waals surface area contributed by atoms with Crippen molar-refractivity contribution >= 4 is 27.3 Å². The van der Waals surface area contributed by atoms with Gasteiger partial charge in [0.1, 0.15) is 16.4 Å². The number of carbonyl (C=O) groups is 1. The maximum atomic E-state index is 13.4. The van der Waals surface area contributed by atoms with Crippen LogP contribution in [-0.4, -0.2) is 83.8 Å². The number of thiazole rings is 1. The van der Waals surface area contributed by atoms with Crippen molar-refractivity contribution in [2.75, 3.05) is 45.8 Å². The minimum Gasteiger partial charge on any atom is -0.341 e. The number of nitrogens with zero attached hydrogens (tertiary/aromatic N) is 5. The normalized spacial score (nSPS) is 18.9. The number of aryl methyl sites for hydroxylation is 1. The third-order valence-corrected chi connectivity index (χ3v) is 9.08. The van der Waals surface area contributed by atoms with E-state index in [0.29, 0.717) is 18.8 Å². The van der Waals surface area contributed by atoms with E-state index in [-0.39, 0.29) is 17.3 Å². The highest BCUT2D eigenvalue weighted by Gasteiger charge is 2.31. The van der Waals surface area contributed by atoms with Gasteiger partial charge < -0.3 is 14.4 Å². The number of hydrogen-bond acceptors (Lipinski definition) is 6. The number of sulfonamides is 1. The Kier molecular flexibility index (Phi) is 7.34. The molecule has 176 valence electrons. The lowest BCUT2D eigenvalue weighted by atomic mass is 10.1. The van der Waals surface area contributed by atoms with Crippen molar-refractivity contribution < 1.29 is 13.2 Å². The number of aromatic nitrogens is 2. The molecule has 8 nitrogen and oxygen atoms in total. The Labute approximate surface area is 194 Å². The smallest absolute Gasteiger partial charge is 0.244 e. The fraction of sp³-hybridized carbons (Fsp3) is 0.636. The van der Waals surface area contributed by atoms with E-state index < -0.39 is 10.0 Å². The van der Waals surface area contributed by atoms with Crippen molar-refractivity contribution in [3.63, 3.8) is 0 Å². The van der Waals surface area contributed by atoms with Gasteiger partial charge in [-0.15, -0.1) is 11.3 Å². The second-order valence-electron chi connectivity index (χ2n) is 8.67. The van der Waals surface area contributed by atoms with Crippen LogP contribution in [-0.2, 0) is 21.4 Å². The summed E-state index contributed by atoms with van der Waals surface area (Å²) in [5.41, 5.74) is 1.58. The Balaban J connectivity index is 1.59. The minimum atomic E-state index is -3.63. The molecule has 2 saturated heterocycles. The summed E-state index contributed by atoms with van der Waals surface area (Å²) in [6.45, 7) is 9.22. The first-order valence-corrected chi connectivity index (χ1v) is 13.8. The molecule has 1 amide bonds. The predicted molar refractivity (Wildman–Crippen MR) is 126 cm³/mol. The molecule has 2 aliphatic heterocycles. The fourth-order valence-electron chi connectivity index (χ4n) is 4.45. The third kappa shape index (κ3) is 5.08. The molecule has 0 bridgehead atoms. The molecule has 10 heteroatoms. The molecule has 2 aromatic rings. The first-order valence-electron chi connectivity index (χ1n) is 11.5. The molecule has 4 rings (SSSR count). The highest BCUT2D eigenvalue weighted by Crippen LogP contribution is 2.30. The average Bonchev–Trinajstić information content (AvgIpc) is 3.41. The Bertz CT molecular complexity index is 1030. The molecule has 0 aliphatic carbocycles. The van der Waals surface area contributed by atoms with Crippen molar-refractivity contribution in [3.05, 3.63) is 23.3 Å². The van der Waals surface area contributed by atoms with E-state index in [1.54, 1.807) is 21.1 Å². The molecular formula is C22H33N5O3S2. The molecule has 2 aliphatic rings. The van der Waals surface area contributed by atoms with Gasteiger partial charge in [0, 0.05) is 56.5 Å².